The Morgan fingerprint density at radius 1 is 2.00 bits per heavy atom. The van der Waals surface area contributed by atoms with E-state index in [9.17, 15) is 0 Å². The van der Waals surface area contributed by atoms with E-state index in [1.165, 1.54) is 22.3 Å². The van der Waals surface area contributed by atoms with Crippen LogP contribution in [0.2, 0.25) is 0 Å². The molecule has 0 saturated heterocycles. The topological polar surface area (TPSA) is 0 Å². The van der Waals surface area contributed by atoms with E-state index in [-0.39, 0.29) is 0 Å². The van der Waals surface area contributed by atoms with E-state index in [1.54, 1.807) is 0 Å². The maximum absolute atomic E-state index is 4.42. The van der Waals surface area contributed by atoms with E-state index in [2.05, 4.69) is 24.8 Å². The van der Waals surface area contributed by atoms with Crippen molar-refractivity contribution in [3.8, 4) is 0 Å². The number of thiocarbonyl (C=S) groups is 1. The molecule has 0 aromatic rings. The minimum atomic E-state index is 0.744. The van der Waals surface area contributed by atoms with Crippen LogP contribution in [0.5, 0.6) is 0 Å². The van der Waals surface area contributed by atoms with Crippen LogP contribution in [0.25, 0.3) is 0 Å². The molecular weight excluding hydrogens is 204 g/mol. The second-order valence-corrected chi connectivity index (χ2v) is 4.67. The fourth-order valence-electron chi connectivity index (χ4n) is 0. The fraction of sp³-hybridized carbons (Fsp3) is 0. The van der Waals surface area contributed by atoms with Gasteiger partial charge in [0.2, 0.25) is 0 Å². The Balaban J connectivity index is 2.80. The minimum absolute atomic E-state index is 0.744. The first-order valence-corrected chi connectivity index (χ1v) is 2.78. The predicted molar refractivity (Wildman–Crippen MR) is 28.7 cm³/mol. The molecule has 0 aromatic carbocycles. The quantitative estimate of drug-likeness (QED) is 0.333. The zero-order valence-corrected chi connectivity index (χ0v) is 6.07. The Morgan fingerprint density at radius 3 is 2.00 bits per heavy atom. The molecule has 0 nitrogen and oxygen atoms in total. The summed E-state index contributed by atoms with van der Waals surface area (Å²) in [5.74, 6) is 0. The Labute approximate surface area is 49.3 Å². The Hall–Kier alpha value is 1.23. The van der Waals surface area contributed by atoms with Crippen molar-refractivity contribution in [3.05, 3.63) is 0 Å². The molecule has 0 aromatic heterocycles. The second-order valence-electron chi connectivity index (χ2n) is 0.283. The van der Waals surface area contributed by atoms with Gasteiger partial charge in [-0.15, -0.1) is 0 Å². The summed E-state index contributed by atoms with van der Waals surface area (Å²) in [4.78, 5) is 0. The van der Waals surface area contributed by atoms with Crippen LogP contribution < -0.4 is 0 Å². The van der Waals surface area contributed by atoms with Gasteiger partial charge in [-0.2, -0.15) is 0 Å². The van der Waals surface area contributed by atoms with Crippen molar-refractivity contribution in [2.24, 2.45) is 0 Å². The molecule has 0 bridgehead atoms. The Morgan fingerprint density at radius 2 is 2.00 bits per heavy atom. The monoisotopic (exact) mass is 208 g/mol. The molecule has 0 amide bonds. The summed E-state index contributed by atoms with van der Waals surface area (Å²) in [6, 6.07) is 0. The molecule has 0 N–H and O–H groups in total. The van der Waals surface area contributed by atoms with Gasteiger partial charge in [0.1, 0.15) is 0 Å². The zero-order valence-electron chi connectivity index (χ0n) is 1.80. The Kier molecular flexibility index (Phi) is 3.22. The summed E-state index contributed by atoms with van der Waals surface area (Å²) < 4.78 is 0.744. The number of hydrogen-bond donors (Lipinski definition) is 1. The molecule has 0 spiro atoms. The zero-order chi connectivity index (χ0) is 3.58. The van der Waals surface area contributed by atoms with Gasteiger partial charge in [0.05, 0.1) is 0 Å². The van der Waals surface area contributed by atoms with Gasteiger partial charge >= 0.3 is 49.4 Å². The van der Waals surface area contributed by atoms with Gasteiger partial charge in [-0.1, -0.05) is 0 Å². The van der Waals surface area contributed by atoms with Gasteiger partial charge in [-0.25, -0.2) is 0 Å². The molecule has 0 aliphatic heterocycles. The first-order chi connectivity index (χ1) is 1.73. The van der Waals surface area contributed by atoms with E-state index in [4.69, 9.17) is 0 Å². The van der Waals surface area contributed by atoms with E-state index < -0.39 is 0 Å². The third-order valence-electron chi connectivity index (χ3n) is 0. The Bertz CT molecular complexity index is 29.0. The molecule has 0 heterocycles. The van der Waals surface area contributed by atoms with Gasteiger partial charge in [-0.05, 0) is 0 Å². The molecular formula is CH2S2Te. The molecule has 0 aliphatic rings. The summed E-state index contributed by atoms with van der Waals surface area (Å²) in [7, 11) is 0. The number of hydrogen-bond acceptors (Lipinski definition) is 1. The molecule has 3 heteroatoms. The van der Waals surface area contributed by atoms with E-state index >= 15 is 0 Å². The van der Waals surface area contributed by atoms with Crippen LogP contribution in [0.15, 0.2) is 0 Å². The van der Waals surface area contributed by atoms with Gasteiger partial charge in [0.15, 0.2) is 0 Å². The van der Waals surface area contributed by atoms with Crippen LogP contribution in [0.4, 0.5) is 0 Å². The van der Waals surface area contributed by atoms with Gasteiger partial charge < -0.3 is 0 Å². The molecule has 0 aliphatic carbocycles. The third-order valence-corrected chi connectivity index (χ3v) is 0. The van der Waals surface area contributed by atoms with Crippen molar-refractivity contribution in [2.45, 2.75) is 0 Å². The summed E-state index contributed by atoms with van der Waals surface area (Å²) >= 11 is 9.61. The van der Waals surface area contributed by atoms with Crippen molar-refractivity contribution in [1.29, 1.82) is 0 Å². The van der Waals surface area contributed by atoms with Crippen LogP contribution in [0.3, 0.4) is 0 Å². The first kappa shape index (κ1) is 5.23. The van der Waals surface area contributed by atoms with E-state index in [1.807, 2.05) is 0 Å². The maximum atomic E-state index is 4.42. The normalized spacial score (nSPS) is 6.50. The second kappa shape index (κ2) is 2.47. The molecule has 0 fully saturated rings. The average molecular weight is 206 g/mol. The van der Waals surface area contributed by atoms with Crippen LogP contribution in [-0.2, 0) is 0 Å². The molecule has 0 atom stereocenters. The fourth-order valence-corrected chi connectivity index (χ4v) is 0. The van der Waals surface area contributed by atoms with Crippen molar-refractivity contribution in [1.82, 2.24) is 0 Å². The van der Waals surface area contributed by atoms with E-state index in [0.717, 1.165) is 2.24 Å². The number of thiol groups is 1. The molecule has 4 heavy (non-hydrogen) atoms. The average Bonchev–Trinajstić information content (AvgIpc) is 0.811. The summed E-state index contributed by atoms with van der Waals surface area (Å²) in [5, 5.41) is 0. The molecule has 0 saturated carbocycles. The van der Waals surface area contributed by atoms with Crippen LogP contribution in [0.1, 0.15) is 0 Å². The SMILES string of the molecule is S=C(S)[TeH]. The summed E-state index contributed by atoms with van der Waals surface area (Å²) in [6.45, 7) is 0. The summed E-state index contributed by atoms with van der Waals surface area (Å²) in [6.07, 6.45) is 0. The van der Waals surface area contributed by atoms with Crippen molar-refractivity contribution in [2.75, 3.05) is 0 Å². The third kappa shape index (κ3) is 10.6. The summed E-state index contributed by atoms with van der Waals surface area (Å²) in [5.41, 5.74) is 0. The van der Waals surface area contributed by atoms with Crippen molar-refractivity contribution >= 4 is 49.4 Å². The van der Waals surface area contributed by atoms with Crippen LogP contribution >= 0.6 is 24.8 Å². The van der Waals surface area contributed by atoms with Crippen molar-refractivity contribution < 1.29 is 0 Å². The van der Waals surface area contributed by atoms with Crippen molar-refractivity contribution in [3.63, 3.8) is 0 Å². The predicted octanol–water partition coefficient (Wildman–Crippen LogP) is 0.102. The van der Waals surface area contributed by atoms with Crippen LogP contribution in [-0.4, -0.2) is 24.5 Å². The standard InChI is InChI=1S/CH2S2Te/c2-1(3)4/h(H2,2,3,4). The molecule has 24 valence electrons. The molecule has 0 unspecified atom stereocenters. The molecule has 0 rings (SSSR count). The van der Waals surface area contributed by atoms with Gasteiger partial charge in [-0.3, -0.25) is 0 Å². The van der Waals surface area contributed by atoms with Gasteiger partial charge in [0.25, 0.3) is 0 Å². The van der Waals surface area contributed by atoms with E-state index in [0.29, 0.717) is 0 Å². The number of rotatable bonds is 0. The van der Waals surface area contributed by atoms with Gasteiger partial charge in [0, 0.05) is 0 Å². The first-order valence-electron chi connectivity index (χ1n) is 0.651. The molecule has 0 radical (unpaired) electrons. The van der Waals surface area contributed by atoms with Crippen LogP contribution in [0, 0.1) is 0 Å².